The summed E-state index contributed by atoms with van der Waals surface area (Å²) in [4.78, 5) is 0. The largest absolute Gasteiger partial charge is 0.493 e. The number of halogens is 3. The number of rotatable bonds is 5. The molecule has 0 aromatic heterocycles. The summed E-state index contributed by atoms with van der Waals surface area (Å²) in [7, 11) is 3.21. The van der Waals surface area contributed by atoms with Crippen LogP contribution >= 0.6 is 39.1 Å². The van der Waals surface area contributed by atoms with Crippen molar-refractivity contribution in [3.8, 4) is 11.5 Å². The lowest BCUT2D eigenvalue weighted by Gasteiger charge is -2.14. The van der Waals surface area contributed by atoms with E-state index in [2.05, 4.69) is 21.2 Å². The molecule has 0 aliphatic heterocycles. The van der Waals surface area contributed by atoms with Crippen molar-refractivity contribution < 1.29 is 9.47 Å². The van der Waals surface area contributed by atoms with Gasteiger partial charge in [0.15, 0.2) is 11.5 Å². The maximum atomic E-state index is 6.14. The summed E-state index contributed by atoms with van der Waals surface area (Å²) in [6, 6.07) is 9.16. The first-order valence-corrected chi connectivity index (χ1v) is 7.70. The van der Waals surface area contributed by atoms with Gasteiger partial charge < -0.3 is 14.8 Å². The second-order valence-corrected chi connectivity index (χ2v) is 5.92. The van der Waals surface area contributed by atoms with E-state index in [9.17, 15) is 0 Å². The first-order chi connectivity index (χ1) is 10.1. The fourth-order valence-electron chi connectivity index (χ4n) is 1.88. The number of methoxy groups -OCH3 is 2. The van der Waals surface area contributed by atoms with Gasteiger partial charge in [-0.2, -0.15) is 0 Å². The van der Waals surface area contributed by atoms with Gasteiger partial charge in [-0.05, 0) is 29.8 Å². The average molecular weight is 391 g/mol. The van der Waals surface area contributed by atoms with E-state index < -0.39 is 0 Å². The molecule has 0 unspecified atom stereocenters. The van der Waals surface area contributed by atoms with Crippen LogP contribution in [0.4, 0.5) is 5.69 Å². The molecular formula is C15H14BrCl2NO2. The monoisotopic (exact) mass is 389 g/mol. The van der Waals surface area contributed by atoms with Gasteiger partial charge in [-0.25, -0.2) is 0 Å². The minimum atomic E-state index is 0.546. The van der Waals surface area contributed by atoms with E-state index in [1.165, 1.54) is 0 Å². The summed E-state index contributed by atoms with van der Waals surface area (Å²) in [5.41, 5.74) is 1.71. The molecule has 6 heteroatoms. The number of para-hydroxylation sites is 1. The van der Waals surface area contributed by atoms with E-state index in [0.29, 0.717) is 33.8 Å². The second-order valence-electron chi connectivity index (χ2n) is 4.25. The molecule has 0 amide bonds. The van der Waals surface area contributed by atoms with Crippen LogP contribution in [0.25, 0.3) is 0 Å². The molecule has 0 atom stereocenters. The highest BCUT2D eigenvalue weighted by Gasteiger charge is 2.11. The quantitative estimate of drug-likeness (QED) is 0.742. The van der Waals surface area contributed by atoms with Crippen LogP contribution < -0.4 is 14.8 Å². The van der Waals surface area contributed by atoms with E-state index in [0.717, 1.165) is 10.0 Å². The van der Waals surface area contributed by atoms with Gasteiger partial charge in [0.25, 0.3) is 0 Å². The van der Waals surface area contributed by atoms with Crippen LogP contribution in [0, 0.1) is 0 Å². The second kappa shape index (κ2) is 7.25. The Morgan fingerprint density at radius 1 is 1.05 bits per heavy atom. The van der Waals surface area contributed by atoms with E-state index >= 15 is 0 Å². The highest BCUT2D eigenvalue weighted by molar-refractivity contribution is 9.10. The van der Waals surface area contributed by atoms with Crippen molar-refractivity contribution >= 4 is 44.8 Å². The van der Waals surface area contributed by atoms with E-state index in [1.807, 2.05) is 18.2 Å². The number of nitrogens with one attached hydrogen (secondary N) is 1. The fourth-order valence-corrected chi connectivity index (χ4v) is 2.88. The van der Waals surface area contributed by atoms with Crippen molar-refractivity contribution in [2.45, 2.75) is 6.54 Å². The van der Waals surface area contributed by atoms with Crippen LogP contribution in [0.1, 0.15) is 5.56 Å². The molecule has 2 aromatic carbocycles. The van der Waals surface area contributed by atoms with Gasteiger partial charge in [-0.1, -0.05) is 45.2 Å². The predicted octanol–water partition coefficient (Wildman–Crippen LogP) is 5.39. The first kappa shape index (κ1) is 16.3. The molecular weight excluding hydrogens is 377 g/mol. The summed E-state index contributed by atoms with van der Waals surface area (Å²) in [6.45, 7) is 0.546. The van der Waals surface area contributed by atoms with Gasteiger partial charge in [0.2, 0.25) is 0 Å². The number of anilines is 1. The molecule has 0 bridgehead atoms. The third-order valence-corrected chi connectivity index (χ3v) is 4.34. The van der Waals surface area contributed by atoms with Gasteiger partial charge in [0.05, 0.1) is 30.0 Å². The summed E-state index contributed by atoms with van der Waals surface area (Å²) in [5, 5.41) is 4.40. The normalized spacial score (nSPS) is 10.3. The highest BCUT2D eigenvalue weighted by Crippen LogP contribution is 2.35. The number of hydrogen-bond acceptors (Lipinski definition) is 3. The summed E-state index contributed by atoms with van der Waals surface area (Å²) in [5.74, 6) is 1.34. The SMILES string of the molecule is COc1cc(Br)c(CNc2c(Cl)cccc2Cl)cc1OC. The van der Waals surface area contributed by atoms with Crippen LogP contribution in [-0.4, -0.2) is 14.2 Å². The van der Waals surface area contributed by atoms with Crippen molar-refractivity contribution in [2.24, 2.45) is 0 Å². The summed E-state index contributed by atoms with van der Waals surface area (Å²) in [6.07, 6.45) is 0. The molecule has 0 fully saturated rings. The zero-order valence-corrected chi connectivity index (χ0v) is 14.6. The van der Waals surface area contributed by atoms with Crippen molar-refractivity contribution in [3.05, 3.63) is 50.4 Å². The molecule has 3 nitrogen and oxygen atoms in total. The lowest BCUT2D eigenvalue weighted by atomic mass is 10.2. The molecule has 0 heterocycles. The molecule has 0 saturated carbocycles. The lowest BCUT2D eigenvalue weighted by Crippen LogP contribution is -2.02. The highest BCUT2D eigenvalue weighted by atomic mass is 79.9. The topological polar surface area (TPSA) is 30.5 Å². The Bertz CT molecular complexity index is 630. The zero-order chi connectivity index (χ0) is 15.4. The third-order valence-electron chi connectivity index (χ3n) is 2.97. The standard InChI is InChI=1S/C15H14BrCl2NO2/c1-20-13-6-9(10(16)7-14(13)21-2)8-19-15-11(17)4-3-5-12(15)18/h3-7,19H,8H2,1-2H3. The first-order valence-electron chi connectivity index (χ1n) is 6.15. The number of hydrogen-bond donors (Lipinski definition) is 1. The van der Waals surface area contributed by atoms with Crippen LogP contribution in [0.5, 0.6) is 11.5 Å². The van der Waals surface area contributed by atoms with Crippen LogP contribution in [-0.2, 0) is 6.54 Å². The van der Waals surface area contributed by atoms with Crippen molar-refractivity contribution in [1.82, 2.24) is 0 Å². The van der Waals surface area contributed by atoms with E-state index in [4.69, 9.17) is 32.7 Å². The summed E-state index contributed by atoms with van der Waals surface area (Å²) < 4.78 is 11.5. The Morgan fingerprint density at radius 2 is 1.62 bits per heavy atom. The number of ether oxygens (including phenoxy) is 2. The Hall–Kier alpha value is -1.10. The molecule has 0 radical (unpaired) electrons. The molecule has 2 rings (SSSR count). The fraction of sp³-hybridized carbons (Fsp3) is 0.200. The minimum absolute atomic E-state index is 0.546. The number of benzene rings is 2. The van der Waals surface area contributed by atoms with Crippen LogP contribution in [0.2, 0.25) is 10.0 Å². The maximum Gasteiger partial charge on any atom is 0.161 e. The minimum Gasteiger partial charge on any atom is -0.493 e. The third kappa shape index (κ3) is 3.76. The van der Waals surface area contributed by atoms with Gasteiger partial charge in [0.1, 0.15) is 0 Å². The maximum absolute atomic E-state index is 6.14. The van der Waals surface area contributed by atoms with Gasteiger partial charge in [0, 0.05) is 11.0 Å². The molecule has 0 aliphatic rings. The smallest absolute Gasteiger partial charge is 0.161 e. The van der Waals surface area contributed by atoms with E-state index in [-0.39, 0.29) is 0 Å². The van der Waals surface area contributed by atoms with Crippen molar-refractivity contribution in [1.29, 1.82) is 0 Å². The molecule has 21 heavy (non-hydrogen) atoms. The predicted molar refractivity (Wildman–Crippen MR) is 91.0 cm³/mol. The van der Waals surface area contributed by atoms with Crippen LogP contribution in [0.15, 0.2) is 34.8 Å². The average Bonchev–Trinajstić information content (AvgIpc) is 2.47. The Kier molecular flexibility index (Phi) is 5.62. The summed E-state index contributed by atoms with van der Waals surface area (Å²) >= 11 is 15.8. The molecule has 0 aliphatic carbocycles. The zero-order valence-electron chi connectivity index (χ0n) is 11.5. The molecule has 0 spiro atoms. The van der Waals surface area contributed by atoms with Crippen molar-refractivity contribution in [3.63, 3.8) is 0 Å². The van der Waals surface area contributed by atoms with Crippen molar-refractivity contribution in [2.75, 3.05) is 19.5 Å². The molecule has 2 aromatic rings. The molecule has 112 valence electrons. The molecule has 0 saturated heterocycles. The van der Waals surface area contributed by atoms with Gasteiger partial charge in [-0.15, -0.1) is 0 Å². The Balaban J connectivity index is 2.24. The van der Waals surface area contributed by atoms with E-state index in [1.54, 1.807) is 26.4 Å². The van der Waals surface area contributed by atoms with Crippen LogP contribution in [0.3, 0.4) is 0 Å². The van der Waals surface area contributed by atoms with Gasteiger partial charge >= 0.3 is 0 Å². The molecule has 1 N–H and O–H groups in total. The Labute approximate surface area is 142 Å². The Morgan fingerprint density at radius 3 is 2.19 bits per heavy atom. The lowest BCUT2D eigenvalue weighted by molar-refractivity contribution is 0.354. The van der Waals surface area contributed by atoms with Gasteiger partial charge in [-0.3, -0.25) is 0 Å².